The van der Waals surface area contributed by atoms with Gasteiger partial charge in [-0.15, -0.1) is 0 Å². The highest BCUT2D eigenvalue weighted by Gasteiger charge is 2.18. The van der Waals surface area contributed by atoms with Crippen molar-refractivity contribution >= 4 is 15.5 Å². The van der Waals surface area contributed by atoms with Crippen LogP contribution in [0.15, 0.2) is 24.3 Å². The average Bonchev–Trinajstić information content (AvgIpc) is 2.38. The molecule has 0 aliphatic heterocycles. The first kappa shape index (κ1) is 17.0. The minimum Gasteiger partial charge on any atom is -0.370 e. The Morgan fingerprint density at radius 1 is 1.25 bits per heavy atom. The number of benzene rings is 1. The standard InChI is InChI=1S/C15H26N2O2S/c1-13(2)20(18,19)11-10-17(9-5-8-16)15-7-4-6-14(3)12-15/h4,6-7,12-13H,5,8-11,16H2,1-3H3. The summed E-state index contributed by atoms with van der Waals surface area (Å²) in [7, 11) is -3.01. The Morgan fingerprint density at radius 3 is 2.50 bits per heavy atom. The fourth-order valence-corrected chi connectivity index (χ4v) is 2.90. The number of rotatable bonds is 8. The second-order valence-electron chi connectivity index (χ2n) is 5.38. The SMILES string of the molecule is Cc1cccc(N(CCCN)CCS(=O)(=O)C(C)C)c1. The van der Waals surface area contributed by atoms with Crippen LogP contribution < -0.4 is 10.6 Å². The van der Waals surface area contributed by atoms with Gasteiger partial charge in [-0.25, -0.2) is 8.42 Å². The van der Waals surface area contributed by atoms with Crippen LogP contribution in [0.2, 0.25) is 0 Å². The van der Waals surface area contributed by atoms with Crippen molar-refractivity contribution in [1.82, 2.24) is 0 Å². The Hall–Kier alpha value is -1.07. The average molecular weight is 298 g/mol. The molecule has 0 spiro atoms. The maximum Gasteiger partial charge on any atom is 0.154 e. The fourth-order valence-electron chi connectivity index (χ4n) is 1.95. The fraction of sp³-hybridized carbons (Fsp3) is 0.600. The highest BCUT2D eigenvalue weighted by molar-refractivity contribution is 7.92. The lowest BCUT2D eigenvalue weighted by Gasteiger charge is -2.25. The summed E-state index contributed by atoms with van der Waals surface area (Å²) < 4.78 is 23.9. The number of nitrogens with zero attached hydrogens (tertiary/aromatic N) is 1. The second-order valence-corrected chi connectivity index (χ2v) is 8.06. The number of aryl methyl sites for hydroxylation is 1. The number of anilines is 1. The molecule has 0 unspecified atom stereocenters. The lowest BCUT2D eigenvalue weighted by molar-refractivity contribution is 0.585. The maximum atomic E-state index is 12.0. The first-order valence-corrected chi connectivity index (χ1v) is 8.81. The monoisotopic (exact) mass is 298 g/mol. The molecule has 1 aromatic rings. The molecule has 0 fully saturated rings. The molecule has 0 bridgehead atoms. The Morgan fingerprint density at radius 2 is 1.95 bits per heavy atom. The summed E-state index contributed by atoms with van der Waals surface area (Å²) in [4.78, 5) is 2.11. The molecule has 1 aromatic carbocycles. The molecule has 0 heterocycles. The lowest BCUT2D eigenvalue weighted by Crippen LogP contribution is -2.33. The Balaban J connectivity index is 2.80. The molecule has 0 aromatic heterocycles. The van der Waals surface area contributed by atoms with Gasteiger partial charge in [0.15, 0.2) is 9.84 Å². The third-order valence-corrected chi connectivity index (χ3v) is 5.55. The zero-order valence-corrected chi connectivity index (χ0v) is 13.5. The van der Waals surface area contributed by atoms with Gasteiger partial charge < -0.3 is 10.6 Å². The molecule has 0 atom stereocenters. The summed E-state index contributed by atoms with van der Waals surface area (Å²) in [5.41, 5.74) is 7.81. The van der Waals surface area contributed by atoms with E-state index in [-0.39, 0.29) is 11.0 Å². The first-order chi connectivity index (χ1) is 9.36. The minimum atomic E-state index is -3.01. The van der Waals surface area contributed by atoms with E-state index in [1.807, 2.05) is 25.1 Å². The molecule has 0 amide bonds. The van der Waals surface area contributed by atoms with Crippen LogP contribution in [0.5, 0.6) is 0 Å². The molecular formula is C15H26N2O2S. The zero-order valence-electron chi connectivity index (χ0n) is 12.7. The molecule has 2 N–H and O–H groups in total. The predicted molar refractivity (Wildman–Crippen MR) is 86.0 cm³/mol. The molecule has 0 saturated carbocycles. The van der Waals surface area contributed by atoms with E-state index < -0.39 is 9.84 Å². The molecule has 0 saturated heterocycles. The maximum absolute atomic E-state index is 12.0. The van der Waals surface area contributed by atoms with E-state index in [9.17, 15) is 8.42 Å². The van der Waals surface area contributed by atoms with Gasteiger partial charge in [-0.2, -0.15) is 0 Å². The van der Waals surface area contributed by atoms with Crippen molar-refractivity contribution < 1.29 is 8.42 Å². The van der Waals surface area contributed by atoms with Gasteiger partial charge in [0.1, 0.15) is 0 Å². The molecule has 0 radical (unpaired) electrons. The van der Waals surface area contributed by atoms with Crippen LogP contribution in [0.1, 0.15) is 25.8 Å². The molecule has 0 aliphatic rings. The molecular weight excluding hydrogens is 272 g/mol. The van der Waals surface area contributed by atoms with Crippen molar-refractivity contribution in [2.75, 3.05) is 30.3 Å². The van der Waals surface area contributed by atoms with E-state index in [0.717, 1.165) is 18.7 Å². The normalized spacial score (nSPS) is 11.8. The van der Waals surface area contributed by atoms with Crippen molar-refractivity contribution in [2.45, 2.75) is 32.4 Å². The van der Waals surface area contributed by atoms with Crippen LogP contribution >= 0.6 is 0 Å². The van der Waals surface area contributed by atoms with Gasteiger partial charge in [0.25, 0.3) is 0 Å². The van der Waals surface area contributed by atoms with Crippen molar-refractivity contribution in [2.24, 2.45) is 5.73 Å². The summed E-state index contributed by atoms with van der Waals surface area (Å²) in [5.74, 6) is 0.184. The summed E-state index contributed by atoms with van der Waals surface area (Å²) in [6, 6.07) is 8.14. The topological polar surface area (TPSA) is 63.4 Å². The highest BCUT2D eigenvalue weighted by atomic mass is 32.2. The van der Waals surface area contributed by atoms with Crippen molar-refractivity contribution in [3.63, 3.8) is 0 Å². The van der Waals surface area contributed by atoms with Gasteiger partial charge in [0, 0.05) is 18.8 Å². The summed E-state index contributed by atoms with van der Waals surface area (Å²) in [5, 5.41) is -0.323. The smallest absolute Gasteiger partial charge is 0.154 e. The second kappa shape index (κ2) is 7.64. The molecule has 114 valence electrons. The molecule has 0 aliphatic carbocycles. The van der Waals surface area contributed by atoms with Crippen LogP contribution in [0.25, 0.3) is 0 Å². The third-order valence-electron chi connectivity index (χ3n) is 3.36. The Kier molecular flexibility index (Phi) is 6.49. The van der Waals surface area contributed by atoms with Crippen LogP contribution in [-0.2, 0) is 9.84 Å². The molecule has 20 heavy (non-hydrogen) atoms. The Labute approximate surface area is 122 Å². The molecule has 1 rings (SSSR count). The van der Waals surface area contributed by atoms with Gasteiger partial charge in [-0.05, 0) is 51.4 Å². The number of hydrogen-bond acceptors (Lipinski definition) is 4. The van der Waals surface area contributed by atoms with E-state index in [2.05, 4.69) is 11.0 Å². The largest absolute Gasteiger partial charge is 0.370 e. The van der Waals surface area contributed by atoms with Crippen LogP contribution in [0.3, 0.4) is 0 Å². The van der Waals surface area contributed by atoms with Gasteiger partial charge >= 0.3 is 0 Å². The van der Waals surface area contributed by atoms with E-state index in [1.54, 1.807) is 13.8 Å². The van der Waals surface area contributed by atoms with Gasteiger partial charge in [0.2, 0.25) is 0 Å². The number of hydrogen-bond donors (Lipinski definition) is 1. The van der Waals surface area contributed by atoms with Gasteiger partial charge in [0.05, 0.1) is 11.0 Å². The molecule has 4 nitrogen and oxygen atoms in total. The molecule has 5 heteroatoms. The summed E-state index contributed by atoms with van der Waals surface area (Å²) >= 11 is 0. The van der Waals surface area contributed by atoms with Gasteiger partial charge in [-0.3, -0.25) is 0 Å². The van der Waals surface area contributed by atoms with E-state index in [1.165, 1.54) is 5.56 Å². The van der Waals surface area contributed by atoms with E-state index in [4.69, 9.17) is 5.73 Å². The summed E-state index contributed by atoms with van der Waals surface area (Å²) in [6.45, 7) is 7.41. The van der Waals surface area contributed by atoms with Gasteiger partial charge in [-0.1, -0.05) is 12.1 Å². The van der Waals surface area contributed by atoms with Crippen LogP contribution in [0.4, 0.5) is 5.69 Å². The summed E-state index contributed by atoms with van der Waals surface area (Å²) in [6.07, 6.45) is 0.857. The van der Waals surface area contributed by atoms with E-state index >= 15 is 0 Å². The zero-order chi connectivity index (χ0) is 15.2. The quantitative estimate of drug-likeness (QED) is 0.797. The third kappa shape index (κ3) is 5.13. The Bertz CT molecular complexity index is 512. The lowest BCUT2D eigenvalue weighted by atomic mass is 10.2. The number of nitrogens with two attached hydrogens (primary N) is 1. The van der Waals surface area contributed by atoms with Crippen molar-refractivity contribution in [3.05, 3.63) is 29.8 Å². The van der Waals surface area contributed by atoms with Crippen molar-refractivity contribution in [1.29, 1.82) is 0 Å². The van der Waals surface area contributed by atoms with E-state index in [0.29, 0.717) is 13.1 Å². The van der Waals surface area contributed by atoms with Crippen LogP contribution in [-0.4, -0.2) is 39.1 Å². The minimum absolute atomic E-state index is 0.184. The number of sulfone groups is 1. The van der Waals surface area contributed by atoms with Crippen LogP contribution in [0, 0.1) is 6.92 Å². The predicted octanol–water partition coefficient (Wildman–Crippen LogP) is 1.97. The first-order valence-electron chi connectivity index (χ1n) is 7.10. The highest BCUT2D eigenvalue weighted by Crippen LogP contribution is 2.16. The van der Waals surface area contributed by atoms with Crippen molar-refractivity contribution in [3.8, 4) is 0 Å².